The van der Waals surface area contributed by atoms with Crippen LogP contribution < -0.4 is 10.6 Å². The maximum Gasteiger partial charge on any atom is 0.253 e. The summed E-state index contributed by atoms with van der Waals surface area (Å²) in [4.78, 5) is 16.6. The van der Waals surface area contributed by atoms with Crippen molar-refractivity contribution in [2.45, 2.75) is 12.5 Å². The number of halogens is 1. The summed E-state index contributed by atoms with van der Waals surface area (Å²) < 4.78 is 0. The highest BCUT2D eigenvalue weighted by Gasteiger charge is 2.19. The van der Waals surface area contributed by atoms with Crippen LogP contribution in [0.2, 0.25) is 5.02 Å². The molecule has 0 saturated carbocycles. The van der Waals surface area contributed by atoms with Gasteiger partial charge in [-0.15, -0.1) is 0 Å². The van der Waals surface area contributed by atoms with Crippen LogP contribution in [0.3, 0.4) is 0 Å². The van der Waals surface area contributed by atoms with E-state index in [4.69, 9.17) is 11.6 Å². The van der Waals surface area contributed by atoms with Crippen LogP contribution in [0, 0.1) is 0 Å². The van der Waals surface area contributed by atoms with E-state index in [1.807, 2.05) is 12.1 Å². The van der Waals surface area contributed by atoms with Gasteiger partial charge < -0.3 is 10.6 Å². The predicted octanol–water partition coefficient (Wildman–Crippen LogP) is 1.98. The van der Waals surface area contributed by atoms with Gasteiger partial charge in [0.25, 0.3) is 5.91 Å². The van der Waals surface area contributed by atoms with Gasteiger partial charge in [-0.2, -0.15) is 0 Å². The highest BCUT2D eigenvalue weighted by atomic mass is 35.5. The molecule has 19 heavy (non-hydrogen) atoms. The van der Waals surface area contributed by atoms with Crippen LogP contribution in [0.25, 0.3) is 10.9 Å². The van der Waals surface area contributed by atoms with E-state index in [-0.39, 0.29) is 11.9 Å². The molecular weight excluding hydrogens is 262 g/mol. The van der Waals surface area contributed by atoms with E-state index >= 15 is 0 Å². The number of rotatable bonds is 2. The summed E-state index contributed by atoms with van der Waals surface area (Å²) in [5.41, 5.74) is 1.23. The number of pyridine rings is 1. The van der Waals surface area contributed by atoms with E-state index in [2.05, 4.69) is 15.6 Å². The maximum atomic E-state index is 12.3. The zero-order valence-corrected chi connectivity index (χ0v) is 11.1. The van der Waals surface area contributed by atoms with Crippen molar-refractivity contribution in [1.29, 1.82) is 0 Å². The number of benzene rings is 1. The monoisotopic (exact) mass is 275 g/mol. The Balaban J connectivity index is 1.95. The molecule has 2 N–H and O–H groups in total. The molecule has 1 aromatic heterocycles. The Kier molecular flexibility index (Phi) is 3.36. The maximum absolute atomic E-state index is 12.3. The van der Waals surface area contributed by atoms with Crippen molar-refractivity contribution in [3.8, 4) is 0 Å². The molecule has 1 amide bonds. The van der Waals surface area contributed by atoms with Crippen LogP contribution in [-0.2, 0) is 0 Å². The van der Waals surface area contributed by atoms with Crippen LogP contribution in [0.15, 0.2) is 30.5 Å². The first kappa shape index (κ1) is 12.4. The van der Waals surface area contributed by atoms with Crippen molar-refractivity contribution in [1.82, 2.24) is 15.6 Å². The van der Waals surface area contributed by atoms with Gasteiger partial charge in [-0.1, -0.05) is 11.6 Å². The molecule has 5 heteroatoms. The highest BCUT2D eigenvalue weighted by Crippen LogP contribution is 2.24. The van der Waals surface area contributed by atoms with Crippen LogP contribution in [0.5, 0.6) is 0 Å². The largest absolute Gasteiger partial charge is 0.348 e. The van der Waals surface area contributed by atoms with Gasteiger partial charge in [0.2, 0.25) is 0 Å². The van der Waals surface area contributed by atoms with Crippen LogP contribution in [-0.4, -0.2) is 30.0 Å². The molecule has 1 unspecified atom stereocenters. The number of nitrogens with zero attached hydrogens (tertiary/aromatic N) is 1. The Morgan fingerprint density at radius 2 is 2.32 bits per heavy atom. The van der Waals surface area contributed by atoms with E-state index in [1.165, 1.54) is 0 Å². The lowest BCUT2D eigenvalue weighted by Crippen LogP contribution is -2.36. The lowest BCUT2D eigenvalue weighted by Gasteiger charge is -2.12. The Hall–Kier alpha value is -1.65. The van der Waals surface area contributed by atoms with Gasteiger partial charge in [-0.25, -0.2) is 0 Å². The fraction of sp³-hybridized carbons (Fsp3) is 0.286. The zero-order chi connectivity index (χ0) is 13.2. The second-order valence-corrected chi connectivity index (χ2v) is 5.06. The van der Waals surface area contributed by atoms with Crippen molar-refractivity contribution >= 4 is 28.4 Å². The van der Waals surface area contributed by atoms with Gasteiger partial charge in [0.15, 0.2) is 0 Å². The van der Waals surface area contributed by atoms with E-state index in [9.17, 15) is 4.79 Å². The van der Waals surface area contributed by atoms with Gasteiger partial charge in [0.05, 0.1) is 16.1 Å². The average Bonchev–Trinajstić information content (AvgIpc) is 2.92. The molecule has 3 rings (SSSR count). The Bertz CT molecular complexity index is 623. The lowest BCUT2D eigenvalue weighted by atomic mass is 10.1. The van der Waals surface area contributed by atoms with E-state index in [0.29, 0.717) is 16.1 Å². The van der Waals surface area contributed by atoms with Gasteiger partial charge in [-0.05, 0) is 37.2 Å². The number of carbonyl (C=O) groups excluding carboxylic acids is 1. The molecule has 1 aliphatic heterocycles. The van der Waals surface area contributed by atoms with Crippen LogP contribution >= 0.6 is 11.6 Å². The van der Waals surface area contributed by atoms with E-state index < -0.39 is 0 Å². The van der Waals surface area contributed by atoms with Crippen LogP contribution in [0.4, 0.5) is 0 Å². The lowest BCUT2D eigenvalue weighted by molar-refractivity contribution is 0.0941. The molecule has 2 aromatic rings. The number of amides is 1. The smallest absolute Gasteiger partial charge is 0.253 e. The molecule has 1 saturated heterocycles. The van der Waals surface area contributed by atoms with Gasteiger partial charge in [0, 0.05) is 24.2 Å². The van der Waals surface area contributed by atoms with Crippen molar-refractivity contribution < 1.29 is 4.79 Å². The quantitative estimate of drug-likeness (QED) is 0.881. The summed E-state index contributed by atoms with van der Waals surface area (Å²) in [6.45, 7) is 1.77. The van der Waals surface area contributed by atoms with E-state index in [1.54, 1.807) is 18.3 Å². The Labute approximate surface area is 116 Å². The molecule has 1 aliphatic rings. The minimum absolute atomic E-state index is 0.0888. The van der Waals surface area contributed by atoms with Gasteiger partial charge in [-0.3, -0.25) is 9.78 Å². The fourth-order valence-corrected chi connectivity index (χ4v) is 2.58. The first-order chi connectivity index (χ1) is 9.25. The topological polar surface area (TPSA) is 54.0 Å². The minimum atomic E-state index is -0.0888. The number of fused-ring (bicyclic) bond motifs is 1. The molecule has 1 aromatic carbocycles. The first-order valence-electron chi connectivity index (χ1n) is 6.30. The summed E-state index contributed by atoms with van der Waals surface area (Å²) in [5, 5.41) is 7.67. The Morgan fingerprint density at radius 1 is 1.42 bits per heavy atom. The summed E-state index contributed by atoms with van der Waals surface area (Å²) >= 11 is 6.12. The average molecular weight is 276 g/mol. The van der Waals surface area contributed by atoms with Crippen molar-refractivity contribution in [3.63, 3.8) is 0 Å². The molecule has 2 heterocycles. The molecule has 0 aliphatic carbocycles. The number of hydrogen-bond donors (Lipinski definition) is 2. The molecule has 0 spiro atoms. The second kappa shape index (κ2) is 5.15. The van der Waals surface area contributed by atoms with Crippen molar-refractivity contribution in [3.05, 3.63) is 41.0 Å². The normalized spacial score (nSPS) is 18.7. The standard InChI is InChI=1S/C14H14ClN3O/c15-12-4-3-11(13-10(12)2-1-6-17-13)14(19)18-9-5-7-16-8-9/h1-4,6,9,16H,5,7-8H2,(H,18,19). The molecular formula is C14H14ClN3O. The number of hydrogen-bond acceptors (Lipinski definition) is 3. The molecule has 4 nitrogen and oxygen atoms in total. The zero-order valence-electron chi connectivity index (χ0n) is 10.3. The molecule has 1 atom stereocenters. The fourth-order valence-electron chi connectivity index (χ4n) is 2.36. The molecule has 1 fully saturated rings. The number of carbonyl (C=O) groups is 1. The molecule has 0 radical (unpaired) electrons. The SMILES string of the molecule is O=C(NC1CCNC1)c1ccc(Cl)c2cccnc12. The first-order valence-corrected chi connectivity index (χ1v) is 6.68. The number of aromatic nitrogens is 1. The molecule has 98 valence electrons. The van der Waals surface area contributed by atoms with Gasteiger partial charge in [0.1, 0.15) is 0 Å². The number of nitrogens with one attached hydrogen (secondary N) is 2. The van der Waals surface area contributed by atoms with Crippen molar-refractivity contribution in [2.24, 2.45) is 0 Å². The summed E-state index contributed by atoms with van der Waals surface area (Å²) in [6, 6.07) is 7.36. The third-order valence-electron chi connectivity index (χ3n) is 3.36. The summed E-state index contributed by atoms with van der Waals surface area (Å²) in [7, 11) is 0. The highest BCUT2D eigenvalue weighted by molar-refractivity contribution is 6.36. The third-order valence-corrected chi connectivity index (χ3v) is 3.69. The predicted molar refractivity (Wildman–Crippen MR) is 75.5 cm³/mol. The Morgan fingerprint density at radius 3 is 3.11 bits per heavy atom. The van der Waals surface area contributed by atoms with E-state index in [0.717, 1.165) is 24.9 Å². The summed E-state index contributed by atoms with van der Waals surface area (Å²) in [5.74, 6) is -0.0888. The minimum Gasteiger partial charge on any atom is -0.348 e. The summed E-state index contributed by atoms with van der Waals surface area (Å²) in [6.07, 6.45) is 2.64. The molecule has 0 bridgehead atoms. The van der Waals surface area contributed by atoms with Crippen molar-refractivity contribution in [2.75, 3.05) is 13.1 Å². The third kappa shape index (κ3) is 2.41. The second-order valence-electron chi connectivity index (χ2n) is 4.66. The van der Waals surface area contributed by atoms with Gasteiger partial charge >= 0.3 is 0 Å². The van der Waals surface area contributed by atoms with Crippen LogP contribution in [0.1, 0.15) is 16.8 Å².